The van der Waals surface area contributed by atoms with E-state index in [0.29, 0.717) is 17.8 Å². The van der Waals surface area contributed by atoms with Gasteiger partial charge >= 0.3 is 0 Å². The van der Waals surface area contributed by atoms with E-state index in [0.717, 1.165) is 11.3 Å². The molecule has 8 nitrogen and oxygen atoms in total. The van der Waals surface area contributed by atoms with E-state index in [4.69, 9.17) is 9.26 Å². The van der Waals surface area contributed by atoms with Crippen molar-refractivity contribution in [3.63, 3.8) is 0 Å². The number of amides is 1. The summed E-state index contributed by atoms with van der Waals surface area (Å²) in [6.07, 6.45) is 1.45. The van der Waals surface area contributed by atoms with Crippen molar-refractivity contribution in [3.8, 4) is 17.0 Å². The quantitative estimate of drug-likeness (QED) is 0.492. The molecule has 0 aliphatic heterocycles. The normalized spacial score (nSPS) is 10.9. The van der Waals surface area contributed by atoms with Crippen LogP contribution in [0.25, 0.3) is 22.4 Å². The summed E-state index contributed by atoms with van der Waals surface area (Å²) in [4.78, 5) is 29.1. The Bertz CT molecular complexity index is 1260. The number of carbonyl (C=O) groups is 1. The number of fused-ring (bicyclic) bond motifs is 1. The van der Waals surface area contributed by atoms with Crippen LogP contribution in [0.3, 0.4) is 0 Å². The van der Waals surface area contributed by atoms with Crippen LogP contribution >= 0.6 is 0 Å². The van der Waals surface area contributed by atoms with Gasteiger partial charge in [-0.15, -0.1) is 0 Å². The summed E-state index contributed by atoms with van der Waals surface area (Å²) in [6.45, 7) is 0.515. The molecular weight excluding hydrogens is 403 g/mol. The zero-order valence-corrected chi connectivity index (χ0v) is 16.7. The van der Waals surface area contributed by atoms with Crippen LogP contribution in [0.1, 0.15) is 12.0 Å². The Morgan fingerprint density at radius 1 is 1.16 bits per heavy atom. The highest BCUT2D eigenvalue weighted by atomic mass is 19.1. The number of aryl methyl sites for hydroxylation is 1. The maximum atomic E-state index is 13.1. The Morgan fingerprint density at radius 2 is 1.90 bits per heavy atom. The minimum atomic E-state index is -0.436. The molecule has 0 fully saturated rings. The zero-order valence-electron chi connectivity index (χ0n) is 16.7. The van der Waals surface area contributed by atoms with Gasteiger partial charge in [-0.1, -0.05) is 17.3 Å². The van der Waals surface area contributed by atoms with Gasteiger partial charge in [-0.25, -0.2) is 9.37 Å². The van der Waals surface area contributed by atoms with Crippen LogP contribution in [0, 0.1) is 5.82 Å². The lowest BCUT2D eigenvalue weighted by atomic mass is 10.1. The highest BCUT2D eigenvalue weighted by Crippen LogP contribution is 2.24. The second kappa shape index (κ2) is 8.78. The fourth-order valence-electron chi connectivity index (χ4n) is 3.07. The van der Waals surface area contributed by atoms with E-state index in [2.05, 4.69) is 15.5 Å². The third-order valence-corrected chi connectivity index (χ3v) is 4.80. The van der Waals surface area contributed by atoms with E-state index in [1.807, 2.05) is 24.3 Å². The van der Waals surface area contributed by atoms with Gasteiger partial charge in [-0.2, -0.15) is 0 Å². The van der Waals surface area contributed by atoms with Gasteiger partial charge in [0.05, 0.1) is 13.4 Å². The monoisotopic (exact) mass is 422 g/mol. The number of benzene rings is 2. The molecule has 1 amide bonds. The van der Waals surface area contributed by atoms with Crippen molar-refractivity contribution >= 4 is 17.0 Å². The number of rotatable bonds is 7. The number of nitrogens with one attached hydrogen (secondary N) is 1. The summed E-state index contributed by atoms with van der Waals surface area (Å²) in [7, 11) is 1.59. The first kappa shape index (κ1) is 20.3. The van der Waals surface area contributed by atoms with Gasteiger partial charge in [0, 0.05) is 25.1 Å². The predicted molar refractivity (Wildman–Crippen MR) is 111 cm³/mol. The number of nitrogens with zero attached hydrogens (tertiary/aromatic N) is 3. The summed E-state index contributed by atoms with van der Waals surface area (Å²) in [5.74, 6) is 0.164. The van der Waals surface area contributed by atoms with Gasteiger partial charge in [-0.3, -0.25) is 14.2 Å². The topological polar surface area (TPSA) is 99.2 Å². The third-order valence-electron chi connectivity index (χ3n) is 4.80. The predicted octanol–water partition coefficient (Wildman–Crippen LogP) is 2.91. The number of halogens is 1. The van der Waals surface area contributed by atoms with E-state index < -0.39 is 5.56 Å². The molecule has 2 aromatic heterocycles. The fourth-order valence-corrected chi connectivity index (χ4v) is 3.07. The lowest BCUT2D eigenvalue weighted by molar-refractivity contribution is -0.121. The smallest absolute Gasteiger partial charge is 0.299 e. The van der Waals surface area contributed by atoms with Gasteiger partial charge in [0.15, 0.2) is 0 Å². The SMILES string of the molecule is COc1ccc(CNC(=O)CCn2cnc3c(-c4ccc(F)cc4)noc3c2=O)cc1. The van der Waals surface area contributed by atoms with E-state index in [1.54, 1.807) is 7.11 Å². The van der Waals surface area contributed by atoms with Crippen LogP contribution in [0.5, 0.6) is 5.75 Å². The zero-order chi connectivity index (χ0) is 21.8. The second-order valence-electron chi connectivity index (χ2n) is 6.83. The number of hydrogen-bond donors (Lipinski definition) is 1. The summed E-state index contributed by atoms with van der Waals surface area (Å²) in [5, 5.41) is 6.72. The average molecular weight is 422 g/mol. The first-order valence-corrected chi connectivity index (χ1v) is 9.55. The molecule has 1 N–H and O–H groups in total. The minimum Gasteiger partial charge on any atom is -0.497 e. The van der Waals surface area contributed by atoms with Gasteiger partial charge in [0.2, 0.25) is 5.91 Å². The summed E-state index contributed by atoms with van der Waals surface area (Å²) in [5.41, 5.74) is 1.72. The van der Waals surface area contributed by atoms with E-state index >= 15 is 0 Å². The van der Waals surface area contributed by atoms with Crippen molar-refractivity contribution in [1.82, 2.24) is 20.0 Å². The molecule has 0 unspecified atom stereocenters. The Hall–Kier alpha value is -4.01. The van der Waals surface area contributed by atoms with Crippen LogP contribution in [-0.2, 0) is 17.9 Å². The average Bonchev–Trinajstić information content (AvgIpc) is 3.23. The number of ether oxygens (including phenoxy) is 1. The molecule has 0 spiro atoms. The standard InChI is InChI=1S/C22H19FN4O4/c1-30-17-8-2-14(3-9-17)12-24-18(28)10-11-27-13-25-20-19(26-31-21(20)22(27)29)15-4-6-16(23)7-5-15/h2-9,13H,10-12H2,1H3,(H,24,28). The maximum Gasteiger partial charge on any atom is 0.299 e. The number of methoxy groups -OCH3 is 1. The van der Waals surface area contributed by atoms with Crippen LogP contribution in [0.2, 0.25) is 0 Å². The maximum absolute atomic E-state index is 13.1. The highest BCUT2D eigenvalue weighted by molar-refractivity contribution is 5.87. The second-order valence-corrected chi connectivity index (χ2v) is 6.83. The fraction of sp³-hybridized carbons (Fsp3) is 0.182. The molecule has 31 heavy (non-hydrogen) atoms. The van der Waals surface area contributed by atoms with Crippen molar-refractivity contribution in [2.45, 2.75) is 19.5 Å². The molecule has 0 atom stereocenters. The molecule has 2 aromatic carbocycles. The van der Waals surface area contributed by atoms with Gasteiger partial charge in [0.25, 0.3) is 11.1 Å². The van der Waals surface area contributed by atoms with Gasteiger partial charge in [0.1, 0.15) is 22.8 Å². The molecule has 2 heterocycles. The first-order chi connectivity index (χ1) is 15.0. The van der Waals surface area contributed by atoms with E-state index in [1.165, 1.54) is 35.2 Å². The molecule has 4 aromatic rings. The van der Waals surface area contributed by atoms with Crippen LogP contribution in [-0.4, -0.2) is 27.7 Å². The highest BCUT2D eigenvalue weighted by Gasteiger charge is 2.16. The van der Waals surface area contributed by atoms with Crippen molar-refractivity contribution in [3.05, 3.63) is 76.6 Å². The van der Waals surface area contributed by atoms with Crippen molar-refractivity contribution in [1.29, 1.82) is 0 Å². The molecule has 0 radical (unpaired) electrons. The van der Waals surface area contributed by atoms with Crippen LogP contribution in [0.4, 0.5) is 4.39 Å². The Labute approximate surface area is 176 Å². The molecule has 4 rings (SSSR count). The Kier molecular flexibility index (Phi) is 5.74. The lowest BCUT2D eigenvalue weighted by Crippen LogP contribution is -2.27. The lowest BCUT2D eigenvalue weighted by Gasteiger charge is -2.07. The molecular formula is C22H19FN4O4. The van der Waals surface area contributed by atoms with E-state index in [9.17, 15) is 14.0 Å². The molecule has 158 valence electrons. The molecule has 9 heteroatoms. The summed E-state index contributed by atoms with van der Waals surface area (Å²) < 4.78 is 24.7. The Morgan fingerprint density at radius 3 is 2.61 bits per heavy atom. The molecule has 0 aliphatic rings. The number of hydrogen-bond acceptors (Lipinski definition) is 6. The van der Waals surface area contributed by atoms with Crippen LogP contribution in [0.15, 0.2) is 64.2 Å². The van der Waals surface area contributed by atoms with Crippen molar-refractivity contribution < 1.29 is 18.4 Å². The first-order valence-electron chi connectivity index (χ1n) is 9.55. The number of carbonyl (C=O) groups excluding carboxylic acids is 1. The molecule has 0 aliphatic carbocycles. The van der Waals surface area contributed by atoms with Crippen molar-refractivity contribution in [2.75, 3.05) is 7.11 Å². The summed E-state index contributed by atoms with van der Waals surface area (Å²) >= 11 is 0. The minimum absolute atomic E-state index is 0.0135. The van der Waals surface area contributed by atoms with Gasteiger partial charge in [-0.05, 0) is 42.0 Å². The third kappa shape index (κ3) is 4.45. The molecule has 0 bridgehead atoms. The Balaban J connectivity index is 1.41. The molecule has 0 saturated heterocycles. The largest absolute Gasteiger partial charge is 0.497 e. The van der Waals surface area contributed by atoms with Crippen molar-refractivity contribution in [2.24, 2.45) is 0 Å². The number of aromatic nitrogens is 3. The van der Waals surface area contributed by atoms with Crippen LogP contribution < -0.4 is 15.6 Å². The summed E-state index contributed by atoms with van der Waals surface area (Å²) in [6, 6.07) is 13.0. The van der Waals surface area contributed by atoms with Gasteiger partial charge < -0.3 is 14.6 Å². The molecule has 0 saturated carbocycles. The van der Waals surface area contributed by atoms with E-state index in [-0.39, 0.29) is 35.8 Å².